The van der Waals surface area contributed by atoms with E-state index in [1.54, 1.807) is 13.0 Å². The van der Waals surface area contributed by atoms with Gasteiger partial charge in [-0.15, -0.1) is 0 Å². The van der Waals surface area contributed by atoms with Gasteiger partial charge in [-0.1, -0.05) is 6.07 Å². The van der Waals surface area contributed by atoms with Crippen LogP contribution in [0.1, 0.15) is 11.1 Å². The van der Waals surface area contributed by atoms with E-state index in [1.807, 2.05) is 0 Å². The summed E-state index contributed by atoms with van der Waals surface area (Å²) in [7, 11) is 0. The molecule has 1 aromatic carbocycles. The SMILES string of the molecule is Cc1ccc([N+](=O)[O-])cc1-c1nc(O)c(C)c(=O)[nH]1. The molecule has 98 valence electrons. The quantitative estimate of drug-likeness (QED) is 0.631. The third-order valence-electron chi connectivity index (χ3n) is 2.81. The van der Waals surface area contributed by atoms with Gasteiger partial charge in [0.2, 0.25) is 5.88 Å². The van der Waals surface area contributed by atoms with Gasteiger partial charge in [0.05, 0.1) is 10.5 Å². The number of hydrogen-bond acceptors (Lipinski definition) is 5. The zero-order valence-electron chi connectivity index (χ0n) is 10.3. The molecule has 0 unspecified atom stereocenters. The maximum absolute atomic E-state index is 11.6. The smallest absolute Gasteiger partial charge is 0.270 e. The van der Waals surface area contributed by atoms with E-state index in [2.05, 4.69) is 9.97 Å². The van der Waals surface area contributed by atoms with Gasteiger partial charge in [0.1, 0.15) is 5.82 Å². The molecule has 0 bridgehead atoms. The normalized spacial score (nSPS) is 10.4. The van der Waals surface area contributed by atoms with Gasteiger partial charge in [-0.3, -0.25) is 14.9 Å². The fourth-order valence-electron chi connectivity index (χ4n) is 1.63. The molecule has 1 aromatic heterocycles. The number of aromatic hydroxyl groups is 1. The van der Waals surface area contributed by atoms with Crippen molar-refractivity contribution in [3.05, 3.63) is 49.8 Å². The predicted molar refractivity (Wildman–Crippen MR) is 68.1 cm³/mol. The molecule has 0 aliphatic carbocycles. The molecule has 0 saturated carbocycles. The summed E-state index contributed by atoms with van der Waals surface area (Å²) in [6.45, 7) is 3.17. The maximum atomic E-state index is 11.6. The number of aryl methyl sites for hydroxylation is 1. The van der Waals surface area contributed by atoms with Crippen molar-refractivity contribution < 1.29 is 10.0 Å². The summed E-state index contributed by atoms with van der Waals surface area (Å²) in [5.41, 5.74) is 0.627. The summed E-state index contributed by atoms with van der Waals surface area (Å²) in [5, 5.41) is 20.3. The average molecular weight is 261 g/mol. The lowest BCUT2D eigenvalue weighted by Crippen LogP contribution is -2.12. The highest BCUT2D eigenvalue weighted by Gasteiger charge is 2.14. The summed E-state index contributed by atoms with van der Waals surface area (Å²) in [4.78, 5) is 28.1. The lowest BCUT2D eigenvalue weighted by atomic mass is 10.1. The Balaban J connectivity index is 2.68. The Hall–Kier alpha value is -2.70. The largest absolute Gasteiger partial charge is 0.493 e. The number of non-ortho nitro benzene ring substituents is 1. The number of nitrogens with zero attached hydrogens (tertiary/aromatic N) is 2. The predicted octanol–water partition coefficient (Wildman–Crippen LogP) is 1.67. The Morgan fingerprint density at radius 2 is 2.05 bits per heavy atom. The van der Waals surface area contributed by atoms with Gasteiger partial charge < -0.3 is 10.1 Å². The van der Waals surface area contributed by atoms with Crippen LogP contribution in [0.25, 0.3) is 11.4 Å². The molecule has 0 atom stereocenters. The summed E-state index contributed by atoms with van der Waals surface area (Å²) in [6.07, 6.45) is 0. The Kier molecular flexibility index (Phi) is 3.04. The van der Waals surface area contributed by atoms with Gasteiger partial charge in [0.15, 0.2) is 0 Å². The van der Waals surface area contributed by atoms with Crippen LogP contribution >= 0.6 is 0 Å². The molecule has 7 heteroatoms. The number of nitro groups is 1. The molecule has 0 aliphatic rings. The van der Waals surface area contributed by atoms with Crippen molar-refractivity contribution in [3.63, 3.8) is 0 Å². The molecule has 1 heterocycles. The van der Waals surface area contributed by atoms with E-state index < -0.39 is 10.5 Å². The molecular weight excluding hydrogens is 250 g/mol. The van der Waals surface area contributed by atoms with Crippen LogP contribution in [0, 0.1) is 24.0 Å². The topological polar surface area (TPSA) is 109 Å². The minimum atomic E-state index is -0.533. The number of aromatic nitrogens is 2. The Labute approximate surface area is 107 Å². The number of aromatic amines is 1. The second-order valence-electron chi connectivity index (χ2n) is 4.12. The molecule has 0 radical (unpaired) electrons. The van der Waals surface area contributed by atoms with Crippen LogP contribution in [0.2, 0.25) is 0 Å². The van der Waals surface area contributed by atoms with Crippen LogP contribution in [0.4, 0.5) is 5.69 Å². The van der Waals surface area contributed by atoms with Crippen molar-refractivity contribution in [3.8, 4) is 17.3 Å². The van der Waals surface area contributed by atoms with Gasteiger partial charge in [-0.25, -0.2) is 0 Å². The van der Waals surface area contributed by atoms with Gasteiger partial charge in [-0.2, -0.15) is 4.98 Å². The van der Waals surface area contributed by atoms with Crippen molar-refractivity contribution in [2.45, 2.75) is 13.8 Å². The molecule has 2 aromatic rings. The van der Waals surface area contributed by atoms with E-state index in [4.69, 9.17) is 0 Å². The molecule has 7 nitrogen and oxygen atoms in total. The molecule has 0 aliphatic heterocycles. The van der Waals surface area contributed by atoms with E-state index in [1.165, 1.54) is 19.1 Å². The molecule has 19 heavy (non-hydrogen) atoms. The van der Waals surface area contributed by atoms with Crippen LogP contribution in [0.3, 0.4) is 0 Å². The minimum absolute atomic E-state index is 0.104. The van der Waals surface area contributed by atoms with Crippen molar-refractivity contribution in [2.75, 3.05) is 0 Å². The molecular formula is C12H11N3O4. The number of hydrogen-bond donors (Lipinski definition) is 2. The molecule has 0 spiro atoms. The number of benzene rings is 1. The standard InChI is InChI=1S/C12H11N3O4/c1-6-3-4-8(15(18)19)5-9(6)10-13-11(16)7(2)12(17)14-10/h3-5H,1-2H3,(H2,13,14,16,17). The minimum Gasteiger partial charge on any atom is -0.493 e. The molecule has 0 amide bonds. The molecule has 0 fully saturated rings. The average Bonchev–Trinajstić information content (AvgIpc) is 2.35. The van der Waals surface area contributed by atoms with Crippen LogP contribution in [0.5, 0.6) is 5.88 Å². The molecule has 2 rings (SSSR count). The van der Waals surface area contributed by atoms with E-state index in [9.17, 15) is 20.0 Å². The Bertz CT molecular complexity index is 721. The van der Waals surface area contributed by atoms with Crippen LogP contribution in [0.15, 0.2) is 23.0 Å². The molecule has 2 N–H and O–H groups in total. The second-order valence-corrected chi connectivity index (χ2v) is 4.12. The maximum Gasteiger partial charge on any atom is 0.270 e. The van der Waals surface area contributed by atoms with Gasteiger partial charge >= 0.3 is 0 Å². The first kappa shape index (κ1) is 12.7. The number of nitro benzene ring substituents is 1. The highest BCUT2D eigenvalue weighted by atomic mass is 16.6. The molecule has 0 saturated heterocycles. The van der Waals surface area contributed by atoms with Crippen molar-refractivity contribution in [1.82, 2.24) is 9.97 Å². The van der Waals surface area contributed by atoms with Crippen LogP contribution < -0.4 is 5.56 Å². The first-order valence-corrected chi connectivity index (χ1v) is 5.45. The van der Waals surface area contributed by atoms with Crippen molar-refractivity contribution in [2.24, 2.45) is 0 Å². The van der Waals surface area contributed by atoms with E-state index in [-0.39, 0.29) is 23.0 Å². The second kappa shape index (κ2) is 4.52. The summed E-state index contributed by atoms with van der Waals surface area (Å²) in [6, 6.07) is 4.23. The third-order valence-corrected chi connectivity index (χ3v) is 2.81. The number of nitrogens with one attached hydrogen (secondary N) is 1. The summed E-state index contributed by atoms with van der Waals surface area (Å²) >= 11 is 0. The number of rotatable bonds is 2. The Morgan fingerprint density at radius 1 is 1.37 bits per heavy atom. The summed E-state index contributed by atoms with van der Waals surface area (Å²) < 4.78 is 0. The van der Waals surface area contributed by atoms with Gasteiger partial charge in [0.25, 0.3) is 11.2 Å². The lowest BCUT2D eigenvalue weighted by Gasteiger charge is -2.06. The van der Waals surface area contributed by atoms with Crippen LogP contribution in [-0.2, 0) is 0 Å². The van der Waals surface area contributed by atoms with Crippen molar-refractivity contribution in [1.29, 1.82) is 0 Å². The van der Waals surface area contributed by atoms with Crippen LogP contribution in [-0.4, -0.2) is 20.0 Å². The van der Waals surface area contributed by atoms with Gasteiger partial charge in [-0.05, 0) is 19.4 Å². The van der Waals surface area contributed by atoms with E-state index in [0.717, 1.165) is 0 Å². The first-order chi connectivity index (χ1) is 8.90. The van der Waals surface area contributed by atoms with Crippen molar-refractivity contribution >= 4 is 5.69 Å². The Morgan fingerprint density at radius 3 is 2.63 bits per heavy atom. The lowest BCUT2D eigenvalue weighted by molar-refractivity contribution is -0.384. The zero-order chi connectivity index (χ0) is 14.2. The van der Waals surface area contributed by atoms with E-state index in [0.29, 0.717) is 11.1 Å². The fraction of sp³-hybridized carbons (Fsp3) is 0.167. The number of H-pyrrole nitrogens is 1. The highest BCUT2D eigenvalue weighted by Crippen LogP contribution is 2.25. The third kappa shape index (κ3) is 2.30. The highest BCUT2D eigenvalue weighted by molar-refractivity contribution is 5.64. The summed E-state index contributed by atoms with van der Waals surface area (Å²) in [5.74, 6) is -0.279. The fourth-order valence-corrected chi connectivity index (χ4v) is 1.63. The zero-order valence-corrected chi connectivity index (χ0v) is 10.3. The first-order valence-electron chi connectivity index (χ1n) is 5.45. The monoisotopic (exact) mass is 261 g/mol. The van der Waals surface area contributed by atoms with Gasteiger partial charge in [0, 0.05) is 17.7 Å². The van der Waals surface area contributed by atoms with E-state index >= 15 is 0 Å².